The minimum absolute atomic E-state index is 0.624. The highest BCUT2D eigenvalue weighted by molar-refractivity contribution is 6.89. The molecule has 0 unspecified atom stereocenters. The highest BCUT2D eigenvalue weighted by Gasteiger charge is 2.20. The molecule has 2 nitrogen and oxygen atoms in total. The average Bonchev–Trinajstić information content (AvgIpc) is 1.92. The van der Waals surface area contributed by atoms with Gasteiger partial charge in [0.2, 0.25) is 0 Å². The number of hydrogen-bond donors (Lipinski definition) is 1. The normalized spacial score (nSPS) is 11.7. The Morgan fingerprint density at radius 1 is 1.42 bits per heavy atom. The number of nitrogens with zero attached hydrogens (tertiary/aromatic N) is 1. The molecule has 66 valence electrons. The maximum atomic E-state index is 5.83. The van der Waals surface area contributed by atoms with E-state index in [9.17, 15) is 0 Å². The van der Waals surface area contributed by atoms with E-state index < -0.39 is 8.07 Å². The standard InChI is InChI=1S/C8H13ClN2Si/c1-12(2,3)7-4-6(9)5-11-8(7)10/h4-5H,1-3H3,(H2,10,11). The fraction of sp³-hybridized carbons (Fsp3) is 0.375. The lowest BCUT2D eigenvalue weighted by Crippen LogP contribution is -2.39. The third-order valence-electron chi connectivity index (χ3n) is 1.69. The topological polar surface area (TPSA) is 38.9 Å². The van der Waals surface area contributed by atoms with Crippen molar-refractivity contribution in [1.82, 2.24) is 4.98 Å². The second kappa shape index (κ2) is 3.07. The zero-order valence-corrected chi connectivity index (χ0v) is 9.31. The van der Waals surface area contributed by atoms with Crippen LogP contribution in [0.4, 0.5) is 5.82 Å². The van der Waals surface area contributed by atoms with E-state index in [0.717, 1.165) is 5.19 Å². The predicted molar refractivity (Wildman–Crippen MR) is 56.6 cm³/mol. The Morgan fingerprint density at radius 2 is 2.00 bits per heavy atom. The van der Waals surface area contributed by atoms with E-state index in [1.807, 2.05) is 6.07 Å². The molecule has 0 aliphatic heterocycles. The van der Waals surface area contributed by atoms with Gasteiger partial charge in [-0.25, -0.2) is 4.98 Å². The van der Waals surface area contributed by atoms with Crippen LogP contribution in [0.15, 0.2) is 12.3 Å². The molecule has 0 radical (unpaired) electrons. The Labute approximate surface area is 78.8 Å². The van der Waals surface area contributed by atoms with Crippen LogP contribution < -0.4 is 10.9 Å². The molecule has 0 amide bonds. The first-order chi connectivity index (χ1) is 5.41. The number of nitrogen functional groups attached to an aromatic ring is 1. The molecule has 0 saturated heterocycles. The van der Waals surface area contributed by atoms with Gasteiger partial charge in [0.15, 0.2) is 0 Å². The Hall–Kier alpha value is -0.543. The third kappa shape index (κ3) is 1.99. The fourth-order valence-corrected chi connectivity index (χ4v) is 2.72. The van der Waals surface area contributed by atoms with E-state index in [0.29, 0.717) is 10.8 Å². The summed E-state index contributed by atoms with van der Waals surface area (Å²) < 4.78 is 0. The van der Waals surface area contributed by atoms with E-state index >= 15 is 0 Å². The van der Waals surface area contributed by atoms with Crippen LogP contribution in [0.1, 0.15) is 0 Å². The molecule has 1 rings (SSSR count). The molecule has 0 fully saturated rings. The number of hydrogen-bond acceptors (Lipinski definition) is 2. The summed E-state index contributed by atoms with van der Waals surface area (Å²) in [4.78, 5) is 4.03. The van der Waals surface area contributed by atoms with E-state index in [-0.39, 0.29) is 0 Å². The zero-order chi connectivity index (χ0) is 9.35. The van der Waals surface area contributed by atoms with E-state index in [1.165, 1.54) is 0 Å². The molecule has 2 N–H and O–H groups in total. The average molecular weight is 201 g/mol. The van der Waals surface area contributed by atoms with Crippen LogP contribution in [0.3, 0.4) is 0 Å². The lowest BCUT2D eigenvalue weighted by Gasteiger charge is -2.17. The van der Waals surface area contributed by atoms with Gasteiger partial charge in [0, 0.05) is 6.20 Å². The van der Waals surface area contributed by atoms with Gasteiger partial charge >= 0.3 is 0 Å². The summed E-state index contributed by atoms with van der Waals surface area (Å²) in [6.45, 7) is 6.66. The lowest BCUT2D eigenvalue weighted by atomic mass is 10.5. The first-order valence-electron chi connectivity index (χ1n) is 3.83. The van der Waals surface area contributed by atoms with Crippen LogP contribution in [-0.4, -0.2) is 13.1 Å². The van der Waals surface area contributed by atoms with Gasteiger partial charge in [-0.1, -0.05) is 31.2 Å². The van der Waals surface area contributed by atoms with Crippen molar-refractivity contribution in [2.45, 2.75) is 19.6 Å². The van der Waals surface area contributed by atoms with Gasteiger partial charge < -0.3 is 5.73 Å². The van der Waals surface area contributed by atoms with Crippen molar-refractivity contribution in [3.05, 3.63) is 17.3 Å². The SMILES string of the molecule is C[Si](C)(C)c1cc(Cl)cnc1N. The highest BCUT2D eigenvalue weighted by atomic mass is 35.5. The molecule has 0 spiro atoms. The summed E-state index contributed by atoms with van der Waals surface area (Å²) in [7, 11) is -1.38. The van der Waals surface area contributed by atoms with Crippen LogP contribution in [0.5, 0.6) is 0 Å². The molecule has 1 aromatic heterocycles. The maximum absolute atomic E-state index is 5.83. The van der Waals surface area contributed by atoms with Crippen LogP contribution in [0.25, 0.3) is 0 Å². The highest BCUT2D eigenvalue weighted by Crippen LogP contribution is 2.11. The summed E-state index contributed by atoms with van der Waals surface area (Å²) in [5.41, 5.74) is 5.74. The van der Waals surface area contributed by atoms with Crippen molar-refractivity contribution >= 4 is 30.7 Å². The fourth-order valence-electron chi connectivity index (χ4n) is 1.05. The van der Waals surface area contributed by atoms with Gasteiger partial charge in [0.1, 0.15) is 5.82 Å². The van der Waals surface area contributed by atoms with Crippen molar-refractivity contribution in [2.24, 2.45) is 0 Å². The van der Waals surface area contributed by atoms with Crippen LogP contribution in [0.2, 0.25) is 24.7 Å². The molecule has 1 aromatic rings. The molecule has 1 heterocycles. The van der Waals surface area contributed by atoms with Crippen molar-refractivity contribution in [3.63, 3.8) is 0 Å². The molecule has 0 aromatic carbocycles. The molecule has 0 atom stereocenters. The number of pyridine rings is 1. The molecular weight excluding hydrogens is 188 g/mol. The molecule has 0 aliphatic rings. The molecule has 12 heavy (non-hydrogen) atoms. The second-order valence-corrected chi connectivity index (χ2v) is 9.31. The van der Waals surface area contributed by atoms with Gasteiger partial charge in [-0.15, -0.1) is 0 Å². The van der Waals surface area contributed by atoms with E-state index in [2.05, 4.69) is 24.6 Å². The smallest absolute Gasteiger partial charge is 0.122 e. The first kappa shape index (κ1) is 9.54. The van der Waals surface area contributed by atoms with Crippen LogP contribution in [0, 0.1) is 0 Å². The minimum atomic E-state index is -1.38. The van der Waals surface area contributed by atoms with Crippen LogP contribution >= 0.6 is 11.6 Å². The number of nitrogens with two attached hydrogens (primary N) is 1. The Kier molecular flexibility index (Phi) is 2.44. The van der Waals surface area contributed by atoms with E-state index in [1.54, 1.807) is 6.20 Å². The molecular formula is C8H13ClN2Si. The zero-order valence-electron chi connectivity index (χ0n) is 7.56. The molecule has 0 saturated carbocycles. The summed E-state index contributed by atoms with van der Waals surface area (Å²) >= 11 is 5.83. The summed E-state index contributed by atoms with van der Waals surface area (Å²) in [6, 6.07) is 1.93. The number of aromatic nitrogens is 1. The Morgan fingerprint density at radius 3 is 2.42 bits per heavy atom. The number of anilines is 1. The molecule has 0 bridgehead atoms. The van der Waals surface area contributed by atoms with Gasteiger partial charge in [0.05, 0.1) is 13.1 Å². The number of halogens is 1. The largest absolute Gasteiger partial charge is 0.384 e. The predicted octanol–water partition coefficient (Wildman–Crippen LogP) is 1.86. The monoisotopic (exact) mass is 200 g/mol. The van der Waals surface area contributed by atoms with Crippen molar-refractivity contribution in [1.29, 1.82) is 0 Å². The molecule has 4 heteroatoms. The van der Waals surface area contributed by atoms with E-state index in [4.69, 9.17) is 17.3 Å². The van der Waals surface area contributed by atoms with Gasteiger partial charge in [-0.05, 0) is 11.3 Å². The molecule has 0 aliphatic carbocycles. The van der Waals surface area contributed by atoms with Crippen molar-refractivity contribution in [2.75, 3.05) is 5.73 Å². The van der Waals surface area contributed by atoms with Gasteiger partial charge in [0.25, 0.3) is 0 Å². The first-order valence-corrected chi connectivity index (χ1v) is 7.70. The second-order valence-electron chi connectivity index (χ2n) is 3.84. The lowest BCUT2D eigenvalue weighted by molar-refractivity contribution is 1.35. The van der Waals surface area contributed by atoms with Crippen LogP contribution in [-0.2, 0) is 0 Å². The Bertz CT molecular complexity index is 294. The quantitative estimate of drug-likeness (QED) is 0.703. The third-order valence-corrected chi connectivity index (χ3v) is 3.92. The summed E-state index contributed by atoms with van der Waals surface area (Å²) in [5, 5.41) is 1.80. The van der Waals surface area contributed by atoms with Crippen molar-refractivity contribution < 1.29 is 0 Å². The summed E-state index contributed by atoms with van der Waals surface area (Å²) in [6.07, 6.45) is 1.58. The van der Waals surface area contributed by atoms with Crippen molar-refractivity contribution in [3.8, 4) is 0 Å². The Balaban J connectivity index is 3.23. The summed E-state index contributed by atoms with van der Waals surface area (Å²) in [5.74, 6) is 0.624. The number of rotatable bonds is 1. The maximum Gasteiger partial charge on any atom is 0.122 e. The van der Waals surface area contributed by atoms with Gasteiger partial charge in [-0.3, -0.25) is 0 Å². The van der Waals surface area contributed by atoms with Gasteiger partial charge in [-0.2, -0.15) is 0 Å². The minimum Gasteiger partial charge on any atom is -0.384 e.